The summed E-state index contributed by atoms with van der Waals surface area (Å²) < 4.78 is 3.09. The summed E-state index contributed by atoms with van der Waals surface area (Å²) in [6.07, 6.45) is 6.20. The van der Waals surface area contributed by atoms with Crippen molar-refractivity contribution in [3.05, 3.63) is 99.6 Å². The monoisotopic (exact) mass is 500 g/mol. The van der Waals surface area contributed by atoms with Crippen molar-refractivity contribution in [2.45, 2.75) is 6.92 Å². The number of pyridine rings is 1. The topological polar surface area (TPSA) is 33.4 Å². The summed E-state index contributed by atoms with van der Waals surface area (Å²) >= 11 is 5.23. The van der Waals surface area contributed by atoms with Crippen molar-refractivity contribution in [3.63, 3.8) is 0 Å². The summed E-state index contributed by atoms with van der Waals surface area (Å²) in [6.45, 7) is 2.09. The number of benzene rings is 2. The lowest BCUT2D eigenvalue weighted by molar-refractivity contribution is 1.06. The minimum Gasteiger partial charge on any atom is -0.305 e. The van der Waals surface area contributed by atoms with Crippen LogP contribution in [0.4, 0.5) is 10.9 Å². The number of fused-ring (bicyclic) bond motifs is 1. The zero-order valence-corrected chi connectivity index (χ0v) is 20.1. The molecule has 0 fully saturated rings. The van der Waals surface area contributed by atoms with Crippen molar-refractivity contribution < 1.29 is 0 Å². The summed E-state index contributed by atoms with van der Waals surface area (Å²) in [5.74, 6) is 0.971. The van der Waals surface area contributed by atoms with Gasteiger partial charge in [0.15, 0.2) is 5.13 Å². The van der Waals surface area contributed by atoms with Crippen LogP contribution in [0.1, 0.15) is 16.8 Å². The van der Waals surface area contributed by atoms with Crippen LogP contribution in [0.2, 0.25) is 0 Å². The maximum absolute atomic E-state index is 4.92. The molecule has 2 aromatic carbocycles. The van der Waals surface area contributed by atoms with E-state index in [1.54, 1.807) is 11.3 Å². The highest BCUT2D eigenvalue weighted by atomic mass is 79.9. The molecular formula is C26H21BrN4S. The third-order valence-corrected chi connectivity index (χ3v) is 6.65. The highest BCUT2D eigenvalue weighted by molar-refractivity contribution is 9.10. The number of nitrogens with zero attached hydrogens (tertiary/aromatic N) is 4. The van der Waals surface area contributed by atoms with E-state index in [1.165, 1.54) is 5.56 Å². The maximum atomic E-state index is 4.92. The number of hydrogen-bond donors (Lipinski definition) is 0. The SMILES string of the molecule is Cc1ccc(-c2csc(N(C)c3c(C=Cc4ccccc4)nc4ccc(Br)cn34)n2)cc1. The van der Waals surface area contributed by atoms with Crippen LogP contribution in [-0.2, 0) is 0 Å². The molecule has 3 aromatic heterocycles. The van der Waals surface area contributed by atoms with Crippen LogP contribution in [0.15, 0.2) is 82.8 Å². The predicted octanol–water partition coefficient (Wildman–Crippen LogP) is 7.47. The molecule has 4 nitrogen and oxygen atoms in total. The lowest BCUT2D eigenvalue weighted by Gasteiger charge is -2.16. The van der Waals surface area contributed by atoms with Gasteiger partial charge in [0.1, 0.15) is 17.2 Å². The molecule has 0 N–H and O–H groups in total. The minimum atomic E-state index is 0.887. The molecule has 3 heterocycles. The van der Waals surface area contributed by atoms with Gasteiger partial charge in [-0.3, -0.25) is 4.40 Å². The fourth-order valence-corrected chi connectivity index (χ4v) is 4.71. The Morgan fingerprint density at radius 1 is 0.938 bits per heavy atom. The van der Waals surface area contributed by atoms with E-state index in [-0.39, 0.29) is 0 Å². The van der Waals surface area contributed by atoms with E-state index >= 15 is 0 Å². The molecule has 158 valence electrons. The van der Waals surface area contributed by atoms with E-state index in [2.05, 4.69) is 86.1 Å². The van der Waals surface area contributed by atoms with Crippen molar-refractivity contribution in [1.29, 1.82) is 0 Å². The molecule has 0 aliphatic heterocycles. The lowest BCUT2D eigenvalue weighted by Crippen LogP contribution is -2.12. The molecular weight excluding hydrogens is 480 g/mol. The number of anilines is 2. The Kier molecular flexibility index (Phi) is 5.64. The van der Waals surface area contributed by atoms with Crippen molar-refractivity contribution in [2.75, 3.05) is 11.9 Å². The van der Waals surface area contributed by atoms with Crippen LogP contribution in [0.25, 0.3) is 29.1 Å². The second kappa shape index (κ2) is 8.73. The highest BCUT2D eigenvalue weighted by Crippen LogP contribution is 2.34. The number of thiazole rings is 1. The number of hydrogen-bond acceptors (Lipinski definition) is 4. The molecule has 5 rings (SSSR count). The van der Waals surface area contributed by atoms with Crippen LogP contribution in [0.5, 0.6) is 0 Å². The first-order valence-corrected chi connectivity index (χ1v) is 11.9. The molecule has 0 aliphatic rings. The highest BCUT2D eigenvalue weighted by Gasteiger charge is 2.19. The van der Waals surface area contributed by atoms with Gasteiger partial charge in [0.25, 0.3) is 0 Å². The van der Waals surface area contributed by atoms with Gasteiger partial charge in [-0.05, 0) is 46.6 Å². The quantitative estimate of drug-likeness (QED) is 0.251. The van der Waals surface area contributed by atoms with Crippen molar-refractivity contribution in [1.82, 2.24) is 14.4 Å². The lowest BCUT2D eigenvalue weighted by atomic mass is 10.1. The molecule has 0 bridgehead atoms. The van der Waals surface area contributed by atoms with Crippen molar-refractivity contribution in [3.8, 4) is 11.3 Å². The number of aromatic nitrogens is 3. The van der Waals surface area contributed by atoms with Crippen LogP contribution in [0.3, 0.4) is 0 Å². The Bertz CT molecular complexity index is 1400. The molecule has 0 spiro atoms. The van der Waals surface area contributed by atoms with Gasteiger partial charge in [-0.15, -0.1) is 11.3 Å². The zero-order valence-electron chi connectivity index (χ0n) is 17.7. The molecule has 0 aliphatic carbocycles. The van der Waals surface area contributed by atoms with Gasteiger partial charge in [0.05, 0.1) is 5.69 Å². The average molecular weight is 501 g/mol. The van der Waals surface area contributed by atoms with Crippen molar-refractivity contribution in [2.24, 2.45) is 0 Å². The largest absolute Gasteiger partial charge is 0.305 e. The molecule has 6 heteroatoms. The van der Waals surface area contributed by atoms with E-state index in [0.29, 0.717) is 0 Å². The second-order valence-corrected chi connectivity index (χ2v) is 9.33. The van der Waals surface area contributed by atoms with Crippen LogP contribution in [-0.4, -0.2) is 21.4 Å². The Labute approximate surface area is 199 Å². The first-order valence-electron chi connectivity index (χ1n) is 10.3. The summed E-state index contributed by atoms with van der Waals surface area (Å²) in [5.41, 5.74) is 6.26. The Morgan fingerprint density at radius 2 is 1.72 bits per heavy atom. The molecule has 5 aromatic rings. The molecule has 0 radical (unpaired) electrons. The van der Waals surface area contributed by atoms with E-state index in [9.17, 15) is 0 Å². The fraction of sp³-hybridized carbons (Fsp3) is 0.0769. The first-order chi connectivity index (χ1) is 15.6. The summed E-state index contributed by atoms with van der Waals surface area (Å²) in [6, 6.07) is 22.8. The molecule has 32 heavy (non-hydrogen) atoms. The van der Waals surface area contributed by atoms with E-state index in [0.717, 1.165) is 43.6 Å². The molecule has 0 saturated carbocycles. The minimum absolute atomic E-state index is 0.887. The van der Waals surface area contributed by atoms with Gasteiger partial charge in [-0.25, -0.2) is 9.97 Å². The van der Waals surface area contributed by atoms with Crippen LogP contribution >= 0.6 is 27.3 Å². The van der Waals surface area contributed by atoms with Gasteiger partial charge in [0.2, 0.25) is 0 Å². The van der Waals surface area contributed by atoms with Crippen LogP contribution < -0.4 is 4.90 Å². The molecule has 0 unspecified atom stereocenters. The predicted molar refractivity (Wildman–Crippen MR) is 139 cm³/mol. The number of rotatable bonds is 5. The maximum Gasteiger partial charge on any atom is 0.191 e. The molecule has 0 amide bonds. The Balaban J connectivity index is 1.57. The van der Waals surface area contributed by atoms with Gasteiger partial charge in [-0.1, -0.05) is 66.2 Å². The Morgan fingerprint density at radius 3 is 2.50 bits per heavy atom. The van der Waals surface area contributed by atoms with Gasteiger partial charge < -0.3 is 4.90 Å². The third kappa shape index (κ3) is 4.11. The van der Waals surface area contributed by atoms with Gasteiger partial charge in [0, 0.05) is 28.7 Å². The standard InChI is InChI=1S/C26H21BrN4S/c1-18-8-11-20(12-9-18)23-17-32-26(29-23)30(2)25-22(14-10-19-6-4-3-5-7-19)28-24-15-13-21(27)16-31(24)25/h3-17H,1-2H3. The number of aryl methyl sites for hydroxylation is 1. The summed E-state index contributed by atoms with van der Waals surface area (Å²) in [5, 5.41) is 3.02. The zero-order chi connectivity index (χ0) is 22.1. The Hall–Kier alpha value is -3.22. The van der Waals surface area contributed by atoms with E-state index in [4.69, 9.17) is 9.97 Å². The first kappa shape index (κ1) is 20.7. The van der Waals surface area contributed by atoms with E-state index < -0.39 is 0 Å². The second-order valence-electron chi connectivity index (χ2n) is 7.58. The van der Waals surface area contributed by atoms with Crippen LogP contribution in [0, 0.1) is 6.92 Å². The van der Waals surface area contributed by atoms with Gasteiger partial charge in [-0.2, -0.15) is 0 Å². The number of halogens is 1. The third-order valence-electron chi connectivity index (χ3n) is 5.26. The van der Waals surface area contributed by atoms with Crippen molar-refractivity contribution >= 4 is 56.0 Å². The van der Waals surface area contributed by atoms with Gasteiger partial charge >= 0.3 is 0 Å². The normalized spacial score (nSPS) is 11.5. The molecule has 0 atom stereocenters. The summed E-state index contributed by atoms with van der Waals surface area (Å²) in [4.78, 5) is 11.9. The fourth-order valence-electron chi connectivity index (χ4n) is 3.57. The molecule has 0 saturated heterocycles. The van der Waals surface area contributed by atoms with E-state index in [1.807, 2.05) is 43.6 Å². The smallest absolute Gasteiger partial charge is 0.191 e. The number of imidazole rings is 1. The average Bonchev–Trinajstić information content (AvgIpc) is 3.43. The summed E-state index contributed by atoms with van der Waals surface area (Å²) in [7, 11) is 2.04.